The van der Waals surface area contributed by atoms with Crippen LogP contribution in [0.1, 0.15) is 30.1 Å². The highest BCUT2D eigenvalue weighted by Crippen LogP contribution is 2.04. The molecule has 6 heteroatoms. The van der Waals surface area contributed by atoms with Crippen LogP contribution >= 0.6 is 0 Å². The van der Waals surface area contributed by atoms with Crippen LogP contribution in [0.5, 0.6) is 0 Å². The van der Waals surface area contributed by atoms with Crippen molar-refractivity contribution in [3.05, 3.63) is 35.9 Å². The Kier molecular flexibility index (Phi) is 6.14. The van der Waals surface area contributed by atoms with Crippen LogP contribution in [0, 0.1) is 0 Å². The van der Waals surface area contributed by atoms with Gasteiger partial charge in [-0.25, -0.2) is 13.1 Å². The summed E-state index contributed by atoms with van der Waals surface area (Å²) in [4.78, 5) is 11.8. The van der Waals surface area contributed by atoms with Crippen molar-refractivity contribution in [3.63, 3.8) is 0 Å². The number of aliphatic hydroxyl groups excluding tert-OH is 1. The van der Waals surface area contributed by atoms with Gasteiger partial charge >= 0.3 is 0 Å². The van der Waals surface area contributed by atoms with Crippen molar-refractivity contribution in [2.24, 2.45) is 0 Å². The van der Waals surface area contributed by atoms with Gasteiger partial charge in [0, 0.05) is 18.2 Å². The molecule has 1 aromatic carbocycles. The Morgan fingerprint density at radius 3 is 2.53 bits per heavy atom. The van der Waals surface area contributed by atoms with E-state index in [2.05, 4.69) is 4.72 Å². The number of carbonyl (C=O) groups excluding carboxylic acids is 1. The maximum atomic E-state index is 11.8. The van der Waals surface area contributed by atoms with Crippen LogP contribution in [0.2, 0.25) is 0 Å². The average molecular weight is 285 g/mol. The zero-order chi connectivity index (χ0) is 14.3. The lowest BCUT2D eigenvalue weighted by Gasteiger charge is -2.13. The fraction of sp³-hybridized carbons (Fsp3) is 0.462. The first-order valence-corrected chi connectivity index (χ1v) is 7.79. The van der Waals surface area contributed by atoms with Gasteiger partial charge in [-0.2, -0.15) is 0 Å². The molecule has 2 N–H and O–H groups in total. The van der Waals surface area contributed by atoms with Gasteiger partial charge in [0.2, 0.25) is 10.0 Å². The molecule has 1 aromatic rings. The Bertz CT molecular complexity index is 499. The van der Waals surface area contributed by atoms with Crippen LogP contribution in [0.4, 0.5) is 0 Å². The van der Waals surface area contributed by atoms with E-state index in [1.807, 2.05) is 0 Å². The maximum Gasteiger partial charge on any atom is 0.219 e. The Morgan fingerprint density at radius 2 is 1.95 bits per heavy atom. The van der Waals surface area contributed by atoms with Crippen molar-refractivity contribution in [1.82, 2.24) is 4.72 Å². The van der Waals surface area contributed by atoms with Gasteiger partial charge in [0.1, 0.15) is 5.75 Å². The average Bonchev–Trinajstić information content (AvgIpc) is 2.36. The molecule has 0 spiro atoms. The number of carbonyl (C=O) groups is 1. The van der Waals surface area contributed by atoms with E-state index in [4.69, 9.17) is 5.11 Å². The van der Waals surface area contributed by atoms with Gasteiger partial charge in [0.05, 0.1) is 0 Å². The normalized spacial score (nSPS) is 13.2. The summed E-state index contributed by atoms with van der Waals surface area (Å²) in [5.41, 5.74) is 0.385. The lowest BCUT2D eigenvalue weighted by Crippen LogP contribution is -2.36. The summed E-state index contributed by atoms with van der Waals surface area (Å²) < 4.78 is 26.0. The topological polar surface area (TPSA) is 83.5 Å². The third kappa shape index (κ3) is 5.96. The minimum absolute atomic E-state index is 0.0228. The summed E-state index contributed by atoms with van der Waals surface area (Å²) in [5.74, 6) is -0.983. The second kappa shape index (κ2) is 7.37. The molecule has 0 bridgehead atoms. The highest BCUT2D eigenvalue weighted by molar-refractivity contribution is 7.90. The molecule has 1 unspecified atom stereocenters. The van der Waals surface area contributed by atoms with Crippen LogP contribution in [-0.2, 0) is 10.0 Å². The summed E-state index contributed by atoms with van der Waals surface area (Å²) in [7, 11) is -3.64. The maximum absolute atomic E-state index is 11.8. The van der Waals surface area contributed by atoms with E-state index >= 15 is 0 Å². The van der Waals surface area contributed by atoms with Gasteiger partial charge in [0.15, 0.2) is 5.78 Å². The standard InChI is InChI=1S/C13H19NO4S/c1-11(6-5-9-15)14-19(17,18)10-13(16)12-7-3-2-4-8-12/h2-4,7-8,11,14-15H,5-6,9-10H2,1H3. The molecule has 0 saturated carbocycles. The van der Waals surface area contributed by atoms with E-state index in [1.54, 1.807) is 37.3 Å². The first-order chi connectivity index (χ1) is 8.94. The highest BCUT2D eigenvalue weighted by atomic mass is 32.2. The third-order valence-electron chi connectivity index (χ3n) is 2.59. The summed E-state index contributed by atoms with van der Waals surface area (Å²) in [6.45, 7) is 1.73. The van der Waals surface area contributed by atoms with E-state index in [0.29, 0.717) is 18.4 Å². The van der Waals surface area contributed by atoms with Gasteiger partial charge in [-0.3, -0.25) is 4.79 Å². The first kappa shape index (κ1) is 15.8. The monoisotopic (exact) mass is 285 g/mol. The highest BCUT2D eigenvalue weighted by Gasteiger charge is 2.19. The van der Waals surface area contributed by atoms with Crippen molar-refractivity contribution in [2.75, 3.05) is 12.4 Å². The number of sulfonamides is 1. The number of Topliss-reactive ketones (excluding diaryl/α,β-unsaturated/α-hetero) is 1. The SMILES string of the molecule is CC(CCCO)NS(=O)(=O)CC(=O)c1ccccc1. The summed E-state index contributed by atoms with van der Waals surface area (Å²) in [6, 6.07) is 8.04. The minimum Gasteiger partial charge on any atom is -0.396 e. The third-order valence-corrected chi connectivity index (χ3v) is 4.00. The van der Waals surface area contributed by atoms with Crippen molar-refractivity contribution < 1.29 is 18.3 Å². The van der Waals surface area contributed by atoms with Crippen molar-refractivity contribution in [1.29, 1.82) is 0 Å². The summed E-state index contributed by atoms with van der Waals surface area (Å²) in [5, 5.41) is 8.68. The van der Waals surface area contributed by atoms with E-state index in [9.17, 15) is 13.2 Å². The molecular weight excluding hydrogens is 266 g/mol. The molecule has 1 atom stereocenters. The predicted octanol–water partition coefficient (Wildman–Crippen LogP) is 0.950. The summed E-state index contributed by atoms with van der Waals surface area (Å²) in [6.07, 6.45) is 1.06. The fourth-order valence-electron chi connectivity index (χ4n) is 1.68. The Balaban J connectivity index is 2.57. The second-order valence-corrected chi connectivity index (χ2v) is 6.19. The first-order valence-electron chi connectivity index (χ1n) is 6.13. The van der Waals surface area contributed by atoms with E-state index in [1.165, 1.54) is 0 Å². The van der Waals surface area contributed by atoms with Crippen molar-refractivity contribution in [2.45, 2.75) is 25.8 Å². The van der Waals surface area contributed by atoms with E-state index < -0.39 is 21.6 Å². The van der Waals surface area contributed by atoms with Crippen molar-refractivity contribution >= 4 is 15.8 Å². The molecule has 0 heterocycles. The number of rotatable bonds is 8. The quantitative estimate of drug-likeness (QED) is 0.697. The van der Waals surface area contributed by atoms with E-state index in [-0.39, 0.29) is 12.6 Å². The van der Waals surface area contributed by atoms with Gasteiger partial charge < -0.3 is 5.11 Å². The summed E-state index contributed by atoms with van der Waals surface area (Å²) >= 11 is 0. The molecule has 19 heavy (non-hydrogen) atoms. The van der Waals surface area contributed by atoms with Gasteiger partial charge in [-0.05, 0) is 19.8 Å². The fourth-order valence-corrected chi connectivity index (χ4v) is 3.01. The number of aliphatic hydroxyl groups is 1. The number of hydrogen-bond donors (Lipinski definition) is 2. The Hall–Kier alpha value is -1.24. The lowest BCUT2D eigenvalue weighted by atomic mass is 10.2. The zero-order valence-corrected chi connectivity index (χ0v) is 11.7. The molecule has 0 fully saturated rings. The largest absolute Gasteiger partial charge is 0.396 e. The molecule has 0 aliphatic heterocycles. The second-order valence-electron chi connectivity index (χ2n) is 4.43. The Morgan fingerprint density at radius 1 is 1.32 bits per heavy atom. The Labute approximate surface area is 113 Å². The zero-order valence-electron chi connectivity index (χ0n) is 10.9. The van der Waals surface area contributed by atoms with Crippen LogP contribution in [-0.4, -0.2) is 37.7 Å². The van der Waals surface area contributed by atoms with Gasteiger partial charge in [-0.15, -0.1) is 0 Å². The van der Waals surface area contributed by atoms with Gasteiger partial charge in [-0.1, -0.05) is 30.3 Å². The van der Waals surface area contributed by atoms with Crippen molar-refractivity contribution in [3.8, 4) is 0 Å². The predicted molar refractivity (Wildman–Crippen MR) is 73.5 cm³/mol. The molecule has 0 saturated heterocycles. The number of benzene rings is 1. The van der Waals surface area contributed by atoms with Crippen LogP contribution in [0.25, 0.3) is 0 Å². The smallest absolute Gasteiger partial charge is 0.219 e. The number of ketones is 1. The lowest BCUT2D eigenvalue weighted by molar-refractivity contribution is 0.102. The number of hydrogen-bond acceptors (Lipinski definition) is 4. The molecular formula is C13H19NO4S. The van der Waals surface area contributed by atoms with E-state index in [0.717, 1.165) is 0 Å². The van der Waals surface area contributed by atoms with Crippen LogP contribution < -0.4 is 4.72 Å². The molecule has 0 amide bonds. The number of nitrogens with one attached hydrogen (secondary N) is 1. The molecule has 0 radical (unpaired) electrons. The molecule has 0 aromatic heterocycles. The molecule has 5 nitrogen and oxygen atoms in total. The van der Waals surface area contributed by atoms with Crippen LogP contribution in [0.15, 0.2) is 30.3 Å². The molecule has 1 rings (SSSR count). The molecule has 106 valence electrons. The minimum atomic E-state index is -3.64. The molecule has 0 aliphatic carbocycles. The molecule has 0 aliphatic rings. The van der Waals surface area contributed by atoms with Gasteiger partial charge in [0.25, 0.3) is 0 Å². The van der Waals surface area contributed by atoms with Crippen LogP contribution in [0.3, 0.4) is 0 Å².